The van der Waals surface area contributed by atoms with E-state index in [9.17, 15) is 0 Å². The molecule has 0 atom stereocenters. The number of H-pyrrole nitrogens is 2. The van der Waals surface area contributed by atoms with Gasteiger partial charge in [-0.05, 0) is 72.8 Å². The summed E-state index contributed by atoms with van der Waals surface area (Å²) in [6.07, 6.45) is 8.09. The second-order valence-corrected chi connectivity index (χ2v) is 6.62. The van der Waals surface area contributed by atoms with E-state index in [-0.39, 0.29) is 16.8 Å². The average Bonchev–Trinajstić information content (AvgIpc) is 3.39. The van der Waals surface area contributed by atoms with Crippen molar-refractivity contribution in [3.63, 3.8) is 0 Å². The third-order valence-electron chi connectivity index (χ3n) is 4.04. The fourth-order valence-corrected chi connectivity index (χ4v) is 2.94. The van der Waals surface area contributed by atoms with E-state index in [2.05, 4.69) is 44.2 Å². The van der Waals surface area contributed by atoms with Crippen LogP contribution in [0.3, 0.4) is 0 Å². The van der Waals surface area contributed by atoms with Gasteiger partial charge < -0.3 is 9.97 Å². The number of hydrogen-bond acceptors (Lipinski definition) is 4. The molecule has 5 rings (SSSR count). The third kappa shape index (κ3) is 5.52. The number of fused-ring (bicyclic) bond motifs is 8. The van der Waals surface area contributed by atoms with Gasteiger partial charge in [0.25, 0.3) is 11.0 Å². The number of hydrogen-bond donors (Lipinski definition) is 4. The van der Waals surface area contributed by atoms with Gasteiger partial charge in [0.15, 0.2) is 0 Å². The molecule has 3 aromatic heterocycles. The molecular formula is C20H16CoN4O3S. The number of nitrogens with zero attached hydrogens (tertiary/aromatic N) is 2. The van der Waals surface area contributed by atoms with Crippen molar-refractivity contribution in [2.45, 2.75) is 0 Å². The van der Waals surface area contributed by atoms with Crippen LogP contribution in [0.4, 0.5) is 0 Å². The molecular weight excluding hydrogens is 435 g/mol. The molecule has 2 aliphatic heterocycles. The van der Waals surface area contributed by atoms with Crippen LogP contribution in [-0.4, -0.2) is 32.9 Å². The number of rotatable bonds is 0. The fraction of sp³-hybridized carbons (Fsp3) is 0. The Morgan fingerprint density at radius 1 is 0.621 bits per heavy atom. The largest absolute Gasteiger partial charge is 0.355 e. The normalized spacial score (nSPS) is 11.7. The standard InChI is InChI=1S/C20H14N4.Co.H2O3S/c1-2-14-10-16-5-6-18(23-16)12-20-8-7-19(24-20)11-17-4-3-15(22-17)9-13(1)21-14;;1-4(2)3/h1-12,21,24H;;4H,(H,1,2,3). The van der Waals surface area contributed by atoms with Crippen LogP contribution in [0.2, 0.25) is 0 Å². The predicted molar refractivity (Wildman–Crippen MR) is 112 cm³/mol. The second-order valence-electron chi connectivity index (χ2n) is 6.14. The number of aromatic amines is 2. The Labute approximate surface area is 178 Å². The molecule has 0 spiro atoms. The third-order valence-corrected chi connectivity index (χ3v) is 4.04. The summed E-state index contributed by atoms with van der Waals surface area (Å²) >= 11 is 0. The molecule has 0 saturated carbocycles. The Bertz CT molecular complexity index is 1150. The van der Waals surface area contributed by atoms with Gasteiger partial charge in [-0.15, -0.1) is 0 Å². The maximum atomic E-state index is 8.59. The van der Waals surface area contributed by atoms with Crippen molar-refractivity contribution in [1.82, 2.24) is 19.9 Å². The van der Waals surface area contributed by atoms with Crippen LogP contribution in [0.25, 0.3) is 46.4 Å². The first-order valence-electron chi connectivity index (χ1n) is 8.41. The Balaban J connectivity index is 0.000000443. The fourth-order valence-electron chi connectivity index (χ4n) is 2.94. The van der Waals surface area contributed by atoms with E-state index < -0.39 is 11.0 Å². The molecule has 5 heterocycles. The van der Waals surface area contributed by atoms with Crippen LogP contribution >= 0.6 is 0 Å². The summed E-state index contributed by atoms with van der Waals surface area (Å²) < 4.78 is 24.2. The predicted octanol–water partition coefficient (Wildman–Crippen LogP) is 3.72. The maximum Gasteiger partial charge on any atom is 0.254 e. The summed E-state index contributed by atoms with van der Waals surface area (Å²) in [6.45, 7) is 0. The van der Waals surface area contributed by atoms with Gasteiger partial charge in [-0.1, -0.05) is 0 Å². The van der Waals surface area contributed by atoms with E-state index in [0.29, 0.717) is 0 Å². The van der Waals surface area contributed by atoms with Gasteiger partial charge in [0.2, 0.25) is 0 Å². The van der Waals surface area contributed by atoms with Gasteiger partial charge in [-0.3, -0.25) is 4.55 Å². The molecule has 0 unspecified atom stereocenters. The quantitative estimate of drug-likeness (QED) is 0.212. The van der Waals surface area contributed by atoms with Crippen molar-refractivity contribution < 1.29 is 29.7 Å². The molecule has 2 aliphatic rings. The van der Waals surface area contributed by atoms with E-state index in [4.69, 9.17) is 13.0 Å². The second kappa shape index (κ2) is 9.01. The molecule has 0 fully saturated rings. The molecule has 0 saturated heterocycles. The van der Waals surface area contributed by atoms with Crippen molar-refractivity contribution in [2.75, 3.05) is 0 Å². The maximum absolute atomic E-state index is 8.59. The molecule has 3 aromatic rings. The molecule has 1 radical (unpaired) electrons. The summed E-state index contributed by atoms with van der Waals surface area (Å²) in [4.78, 5) is 16.0. The summed E-state index contributed by atoms with van der Waals surface area (Å²) in [6, 6.07) is 16.4. The molecule has 9 heteroatoms. The van der Waals surface area contributed by atoms with E-state index >= 15 is 0 Å². The molecule has 8 bridgehead atoms. The Hall–Kier alpha value is -2.98. The zero-order chi connectivity index (χ0) is 19.5. The Morgan fingerprint density at radius 2 is 0.862 bits per heavy atom. The van der Waals surface area contributed by atoms with Crippen LogP contribution in [0.1, 0.15) is 22.8 Å². The Kier molecular flexibility index (Phi) is 6.45. The van der Waals surface area contributed by atoms with Gasteiger partial charge in [0.05, 0.1) is 22.8 Å². The first kappa shape index (κ1) is 20.7. The van der Waals surface area contributed by atoms with Crippen molar-refractivity contribution in [2.24, 2.45) is 0 Å². The minimum atomic E-state index is -3.12. The monoisotopic (exact) mass is 451 g/mol. The van der Waals surface area contributed by atoms with Gasteiger partial charge in [-0.2, -0.15) is 0 Å². The van der Waals surface area contributed by atoms with E-state index in [1.54, 1.807) is 0 Å². The summed E-state index contributed by atoms with van der Waals surface area (Å²) in [5.41, 5.74) is 7.86. The van der Waals surface area contributed by atoms with Crippen LogP contribution in [0.5, 0.6) is 0 Å². The van der Waals surface area contributed by atoms with Crippen molar-refractivity contribution in [1.29, 1.82) is 0 Å². The van der Waals surface area contributed by atoms with Crippen molar-refractivity contribution in [3.8, 4) is 0 Å². The smallest absolute Gasteiger partial charge is 0.254 e. The number of nitrogens with one attached hydrogen (secondary N) is 2. The van der Waals surface area contributed by atoms with Gasteiger partial charge >= 0.3 is 0 Å². The molecule has 29 heavy (non-hydrogen) atoms. The van der Waals surface area contributed by atoms with Crippen LogP contribution in [-0.2, 0) is 27.8 Å². The first-order valence-corrected chi connectivity index (χ1v) is 9.54. The molecule has 7 nitrogen and oxygen atoms in total. The van der Waals surface area contributed by atoms with E-state index in [1.807, 2.05) is 48.6 Å². The molecule has 0 aliphatic carbocycles. The summed E-state index contributed by atoms with van der Waals surface area (Å²) in [5.74, 6) is 0. The van der Waals surface area contributed by atoms with E-state index in [1.165, 1.54) is 0 Å². The van der Waals surface area contributed by atoms with Crippen LogP contribution in [0, 0.1) is 0 Å². The molecule has 149 valence electrons. The van der Waals surface area contributed by atoms with E-state index in [0.717, 1.165) is 44.8 Å². The molecule has 0 amide bonds. The van der Waals surface area contributed by atoms with Crippen molar-refractivity contribution >= 4 is 57.4 Å². The topological polar surface area (TPSA) is 112 Å². The zero-order valence-corrected chi connectivity index (χ0v) is 16.8. The minimum Gasteiger partial charge on any atom is -0.355 e. The zero-order valence-electron chi connectivity index (χ0n) is 14.9. The number of aromatic nitrogens is 4. The van der Waals surface area contributed by atoms with Crippen LogP contribution in [0.15, 0.2) is 48.5 Å². The summed E-state index contributed by atoms with van der Waals surface area (Å²) in [7, 11) is -3.12. The van der Waals surface area contributed by atoms with Crippen molar-refractivity contribution in [3.05, 3.63) is 71.3 Å². The first-order chi connectivity index (χ1) is 13.5. The van der Waals surface area contributed by atoms with Gasteiger partial charge in [0.1, 0.15) is 0 Å². The molecule has 3 N–H and O–H groups in total. The minimum absolute atomic E-state index is 0. The van der Waals surface area contributed by atoms with Gasteiger partial charge in [-0.25, -0.2) is 18.4 Å². The van der Waals surface area contributed by atoms with Gasteiger partial charge in [0, 0.05) is 38.8 Å². The Morgan fingerprint density at radius 3 is 1.10 bits per heavy atom. The average molecular weight is 451 g/mol. The molecule has 0 aromatic carbocycles. The van der Waals surface area contributed by atoms with Crippen LogP contribution < -0.4 is 0 Å². The number of thiol groups is 1. The SMILES string of the molecule is C1=Cc2cc3ccc(cc4nc(cc5ccc(cc1n2)[nH]5)C=C4)[nH]3.O=[SH](=O)O.[Co]. The summed E-state index contributed by atoms with van der Waals surface area (Å²) in [5, 5.41) is 0.